The Morgan fingerprint density at radius 1 is 0.962 bits per heavy atom. The predicted octanol–water partition coefficient (Wildman–Crippen LogP) is 3.39. The summed E-state index contributed by atoms with van der Waals surface area (Å²) in [4.78, 5) is 59.7. The standard InChI is InChI=1S/C38H48N8O6/c1-22(2)16-28-21-51-29-14-12-27(13-15-29)19-30(42-38(50)32-17-24(5)52-45-32)36(48)41-31(18-26-10-8-7-9-11-26)37(49)43-34(23(3)4)35-39-25(6)44-46(35)20-33(47)40-28/h7-15,17,22-23,28,30-31,34H,16,18-21H2,1-6H3,(H,40,47)(H,41,48)(H,42,50)(H,43,49)/t28-,30+,31-,34-/m0/s1. The molecular weight excluding hydrogens is 664 g/mol. The van der Waals surface area contributed by atoms with Gasteiger partial charge in [-0.2, -0.15) is 5.10 Å². The minimum atomic E-state index is -1.08. The topological polar surface area (TPSA) is 182 Å². The SMILES string of the molecule is Cc1nc2n(n1)CC(=O)N[C@@H](CC(C)C)COc1ccc(cc1)C[C@@H](NC(=O)c1cc(C)on1)C(=O)N[C@@H](Cc1ccccc1)C(=O)N[C@H]2C(C)C. The highest BCUT2D eigenvalue weighted by Gasteiger charge is 2.32. The fraction of sp³-hybridized carbons (Fsp3) is 0.447. The van der Waals surface area contributed by atoms with Gasteiger partial charge in [-0.25, -0.2) is 9.67 Å². The number of aromatic nitrogens is 4. The van der Waals surface area contributed by atoms with E-state index in [1.807, 2.05) is 56.3 Å². The van der Waals surface area contributed by atoms with Gasteiger partial charge in [0.05, 0.1) is 12.1 Å². The van der Waals surface area contributed by atoms with Gasteiger partial charge < -0.3 is 30.5 Å². The molecular formula is C38H48N8O6. The van der Waals surface area contributed by atoms with Crippen molar-refractivity contribution in [2.45, 2.75) is 91.5 Å². The molecule has 4 aromatic rings. The van der Waals surface area contributed by atoms with Crippen LogP contribution in [0.15, 0.2) is 65.2 Å². The van der Waals surface area contributed by atoms with Crippen molar-refractivity contribution in [3.05, 3.63) is 94.9 Å². The van der Waals surface area contributed by atoms with Crippen LogP contribution in [0.25, 0.3) is 0 Å². The van der Waals surface area contributed by atoms with Crippen molar-refractivity contribution in [1.29, 1.82) is 0 Å². The van der Waals surface area contributed by atoms with Crippen LogP contribution in [0.3, 0.4) is 0 Å². The van der Waals surface area contributed by atoms with E-state index in [2.05, 4.69) is 50.4 Å². The summed E-state index contributed by atoms with van der Waals surface area (Å²) in [5, 5.41) is 20.2. The first-order chi connectivity index (χ1) is 24.8. The second kappa shape index (κ2) is 17.1. The minimum absolute atomic E-state index is 0.0290. The summed E-state index contributed by atoms with van der Waals surface area (Å²) in [6.07, 6.45) is 0.962. The summed E-state index contributed by atoms with van der Waals surface area (Å²) >= 11 is 0. The van der Waals surface area contributed by atoms with Gasteiger partial charge in [-0.3, -0.25) is 19.2 Å². The molecule has 4 atom stereocenters. The maximum Gasteiger partial charge on any atom is 0.274 e. The maximum absolute atomic E-state index is 14.2. The van der Waals surface area contributed by atoms with Gasteiger partial charge in [0.25, 0.3) is 5.91 Å². The van der Waals surface area contributed by atoms with Gasteiger partial charge in [-0.15, -0.1) is 0 Å². The van der Waals surface area contributed by atoms with Gasteiger partial charge in [-0.05, 0) is 55.4 Å². The van der Waals surface area contributed by atoms with Crippen LogP contribution in [0.1, 0.15) is 79.2 Å². The van der Waals surface area contributed by atoms with E-state index in [9.17, 15) is 19.2 Å². The number of carbonyl (C=O) groups is 4. The summed E-state index contributed by atoms with van der Waals surface area (Å²) in [6.45, 7) is 11.5. The molecule has 4 N–H and O–H groups in total. The van der Waals surface area contributed by atoms with Crippen LogP contribution < -0.4 is 26.0 Å². The Bertz CT molecular complexity index is 1840. The molecule has 14 nitrogen and oxygen atoms in total. The van der Waals surface area contributed by atoms with Gasteiger partial charge >= 0.3 is 0 Å². The Hall–Kier alpha value is -5.53. The Kier molecular flexibility index (Phi) is 12.4. The first kappa shape index (κ1) is 37.7. The summed E-state index contributed by atoms with van der Waals surface area (Å²) in [5.41, 5.74) is 1.59. The zero-order valence-electron chi connectivity index (χ0n) is 30.5. The molecule has 0 fully saturated rings. The number of carbonyl (C=O) groups excluding carboxylic acids is 4. The van der Waals surface area contributed by atoms with E-state index >= 15 is 0 Å². The zero-order valence-corrected chi connectivity index (χ0v) is 30.5. The summed E-state index contributed by atoms with van der Waals surface area (Å²) in [5.74, 6) is 0.133. The molecule has 276 valence electrons. The molecule has 0 unspecified atom stereocenters. The number of benzene rings is 2. The molecule has 0 saturated heterocycles. The minimum Gasteiger partial charge on any atom is -0.491 e. The fourth-order valence-corrected chi connectivity index (χ4v) is 6.15. The van der Waals surface area contributed by atoms with Crippen molar-refractivity contribution < 1.29 is 28.4 Å². The van der Waals surface area contributed by atoms with Crippen molar-refractivity contribution in [2.75, 3.05) is 6.61 Å². The van der Waals surface area contributed by atoms with Crippen LogP contribution in [-0.2, 0) is 33.8 Å². The van der Waals surface area contributed by atoms with E-state index in [4.69, 9.17) is 9.26 Å². The lowest BCUT2D eigenvalue weighted by Gasteiger charge is -2.27. The van der Waals surface area contributed by atoms with Crippen LogP contribution in [0.2, 0.25) is 0 Å². The number of aryl methyl sites for hydroxylation is 2. The van der Waals surface area contributed by atoms with Crippen molar-refractivity contribution in [1.82, 2.24) is 41.2 Å². The molecule has 0 radical (unpaired) electrons. The molecule has 0 aliphatic carbocycles. The quantitative estimate of drug-likeness (QED) is 0.223. The average Bonchev–Trinajstić information content (AvgIpc) is 3.69. The lowest BCUT2D eigenvalue weighted by molar-refractivity contribution is -0.130. The summed E-state index contributed by atoms with van der Waals surface area (Å²) in [6, 6.07) is 14.9. The molecule has 2 aromatic carbocycles. The lowest BCUT2D eigenvalue weighted by Crippen LogP contribution is -2.55. The number of amides is 4. The number of fused-ring (bicyclic) bond motifs is 14. The average molecular weight is 713 g/mol. The number of nitrogens with zero attached hydrogens (tertiary/aromatic N) is 4. The molecule has 4 amide bonds. The molecule has 2 aromatic heterocycles. The van der Waals surface area contributed by atoms with Gasteiger partial charge in [0.1, 0.15) is 42.6 Å². The lowest BCUT2D eigenvalue weighted by atomic mass is 10.00. The second-order valence-corrected chi connectivity index (χ2v) is 14.1. The number of ether oxygens (including phenoxy) is 1. The maximum atomic E-state index is 14.2. The second-order valence-electron chi connectivity index (χ2n) is 14.1. The molecule has 0 saturated carbocycles. The van der Waals surface area contributed by atoms with Crippen LogP contribution in [0.4, 0.5) is 0 Å². The monoisotopic (exact) mass is 712 g/mol. The molecule has 2 aliphatic heterocycles. The predicted molar refractivity (Wildman–Crippen MR) is 192 cm³/mol. The Labute approximate surface area is 303 Å². The van der Waals surface area contributed by atoms with Crippen molar-refractivity contribution >= 4 is 23.6 Å². The zero-order chi connectivity index (χ0) is 37.4. The third-order valence-corrected chi connectivity index (χ3v) is 8.68. The van der Waals surface area contributed by atoms with E-state index in [1.165, 1.54) is 10.7 Å². The number of hydrogen-bond donors (Lipinski definition) is 4. The van der Waals surface area contributed by atoms with E-state index in [0.29, 0.717) is 29.6 Å². The normalized spacial score (nSPS) is 20.4. The van der Waals surface area contributed by atoms with E-state index in [1.54, 1.807) is 26.0 Å². The van der Waals surface area contributed by atoms with E-state index in [0.717, 1.165) is 11.1 Å². The third-order valence-electron chi connectivity index (χ3n) is 8.68. The van der Waals surface area contributed by atoms with Crippen LogP contribution in [0.5, 0.6) is 5.75 Å². The highest BCUT2D eigenvalue weighted by molar-refractivity contribution is 5.97. The molecule has 52 heavy (non-hydrogen) atoms. The van der Waals surface area contributed by atoms with Crippen molar-refractivity contribution in [3.63, 3.8) is 0 Å². The third kappa shape index (κ3) is 10.3. The fourth-order valence-electron chi connectivity index (χ4n) is 6.15. The van der Waals surface area contributed by atoms with E-state index < -0.39 is 35.8 Å². The molecule has 14 heteroatoms. The van der Waals surface area contributed by atoms with Gasteiger partial charge in [0.15, 0.2) is 11.5 Å². The Morgan fingerprint density at radius 2 is 1.69 bits per heavy atom. The number of nitrogens with one attached hydrogen (secondary N) is 4. The largest absolute Gasteiger partial charge is 0.491 e. The summed E-state index contributed by atoms with van der Waals surface area (Å²) < 4.78 is 12.7. The first-order valence-corrected chi connectivity index (χ1v) is 17.7. The van der Waals surface area contributed by atoms with Crippen LogP contribution in [0, 0.1) is 25.7 Å². The van der Waals surface area contributed by atoms with Crippen molar-refractivity contribution in [3.8, 4) is 5.75 Å². The number of hydrogen-bond acceptors (Lipinski definition) is 9. The summed E-state index contributed by atoms with van der Waals surface area (Å²) in [7, 11) is 0. The van der Waals surface area contributed by atoms with Crippen LogP contribution >= 0.6 is 0 Å². The van der Waals surface area contributed by atoms with Gasteiger partial charge in [-0.1, -0.05) is 75.3 Å². The van der Waals surface area contributed by atoms with Gasteiger partial charge in [0.2, 0.25) is 17.7 Å². The molecule has 0 spiro atoms. The molecule has 2 bridgehead atoms. The molecule has 4 heterocycles. The first-order valence-electron chi connectivity index (χ1n) is 17.7. The van der Waals surface area contributed by atoms with Crippen molar-refractivity contribution in [2.24, 2.45) is 11.8 Å². The highest BCUT2D eigenvalue weighted by atomic mass is 16.5. The Balaban J connectivity index is 1.53. The molecule has 2 aliphatic rings. The smallest absolute Gasteiger partial charge is 0.274 e. The van der Waals surface area contributed by atoms with Gasteiger partial charge in [0, 0.05) is 18.9 Å². The van der Waals surface area contributed by atoms with E-state index in [-0.39, 0.29) is 55.5 Å². The number of rotatable bonds is 7. The Morgan fingerprint density at radius 3 is 2.35 bits per heavy atom. The van der Waals surface area contributed by atoms with Crippen LogP contribution in [-0.4, -0.2) is 68.3 Å². The highest BCUT2D eigenvalue weighted by Crippen LogP contribution is 2.22. The molecule has 6 rings (SSSR count).